The van der Waals surface area contributed by atoms with Crippen molar-refractivity contribution in [2.45, 2.75) is 65.3 Å². The lowest BCUT2D eigenvalue weighted by molar-refractivity contribution is -0.134. The predicted octanol–water partition coefficient (Wildman–Crippen LogP) is 1.17. The van der Waals surface area contributed by atoms with Crippen molar-refractivity contribution in [3.63, 3.8) is 0 Å². The highest BCUT2D eigenvalue weighted by atomic mass is 16.2. The van der Waals surface area contributed by atoms with Gasteiger partial charge in [-0.3, -0.25) is 14.5 Å². The predicted molar refractivity (Wildman–Crippen MR) is 108 cm³/mol. The van der Waals surface area contributed by atoms with Crippen molar-refractivity contribution in [1.29, 1.82) is 0 Å². The summed E-state index contributed by atoms with van der Waals surface area (Å²) in [5, 5.41) is 5.83. The Kier molecular flexibility index (Phi) is 6.99. The fraction of sp³-hybridized carbons (Fsp3) is 0.714. The number of carbonyl (C=O) groups excluding carboxylic acids is 2. The first-order chi connectivity index (χ1) is 13.4. The number of aromatic nitrogens is 2. The summed E-state index contributed by atoms with van der Waals surface area (Å²) in [4.78, 5) is 36.1. The van der Waals surface area contributed by atoms with Crippen LogP contribution in [0.25, 0.3) is 0 Å². The van der Waals surface area contributed by atoms with E-state index in [0.717, 1.165) is 50.3 Å². The molecule has 0 radical (unpaired) electrons. The number of aryl methyl sites for hydroxylation is 2. The molecule has 1 aliphatic heterocycles. The molecule has 1 unspecified atom stereocenters. The van der Waals surface area contributed by atoms with Crippen molar-refractivity contribution >= 4 is 11.8 Å². The number of nitrogens with one attached hydrogen (secondary N) is 2. The van der Waals surface area contributed by atoms with Gasteiger partial charge in [-0.05, 0) is 50.6 Å². The molecule has 0 spiro atoms. The number of nitrogens with zero attached hydrogens (tertiary/aromatic N) is 3. The lowest BCUT2D eigenvalue weighted by atomic mass is 10.1. The zero-order chi connectivity index (χ0) is 20.1. The number of carbonyl (C=O) groups is 2. The van der Waals surface area contributed by atoms with Gasteiger partial charge in [0.2, 0.25) is 11.8 Å². The molecular weight excluding hydrogens is 354 g/mol. The Bertz CT molecular complexity index is 719. The van der Waals surface area contributed by atoms with E-state index in [0.29, 0.717) is 25.4 Å². The molecule has 1 aromatic heterocycles. The van der Waals surface area contributed by atoms with E-state index in [1.54, 1.807) is 0 Å². The molecular formula is C21H33N5O2. The van der Waals surface area contributed by atoms with Crippen molar-refractivity contribution in [3.05, 3.63) is 22.8 Å². The lowest BCUT2D eigenvalue weighted by Gasteiger charge is -2.35. The third kappa shape index (κ3) is 5.28. The highest BCUT2D eigenvalue weighted by Gasteiger charge is 2.31. The summed E-state index contributed by atoms with van der Waals surface area (Å²) in [6, 6.07) is -0.369. The van der Waals surface area contributed by atoms with Crippen molar-refractivity contribution in [1.82, 2.24) is 25.5 Å². The average molecular weight is 388 g/mol. The quantitative estimate of drug-likeness (QED) is 0.699. The van der Waals surface area contributed by atoms with Gasteiger partial charge in [0.15, 0.2) is 0 Å². The maximum Gasteiger partial charge on any atom is 0.237 e. The first kappa shape index (κ1) is 20.7. The molecule has 2 amide bonds. The lowest BCUT2D eigenvalue weighted by Crippen LogP contribution is -2.56. The summed E-state index contributed by atoms with van der Waals surface area (Å²) in [5.41, 5.74) is 3.55. The standard InChI is InChI=1S/C21H33N5O2/c1-14(2)8-11-26-12-10-23-21(28)18(26)13-20(27)22-9-7-19-24-15(3)16-5-4-6-17(16)25-19/h14,18H,4-13H2,1-3H3,(H,22,27)(H,23,28). The highest BCUT2D eigenvalue weighted by molar-refractivity contribution is 5.88. The molecule has 154 valence electrons. The molecule has 2 heterocycles. The molecule has 7 nitrogen and oxygen atoms in total. The topological polar surface area (TPSA) is 87.2 Å². The van der Waals surface area contributed by atoms with Crippen LogP contribution in [0.4, 0.5) is 0 Å². The summed E-state index contributed by atoms with van der Waals surface area (Å²) >= 11 is 0. The summed E-state index contributed by atoms with van der Waals surface area (Å²) in [7, 11) is 0. The Balaban J connectivity index is 1.49. The minimum atomic E-state index is -0.369. The average Bonchev–Trinajstić information content (AvgIpc) is 3.11. The van der Waals surface area contributed by atoms with Crippen LogP contribution in [0.15, 0.2) is 0 Å². The van der Waals surface area contributed by atoms with E-state index in [1.807, 2.05) is 6.92 Å². The van der Waals surface area contributed by atoms with E-state index in [-0.39, 0.29) is 24.3 Å². The van der Waals surface area contributed by atoms with Crippen molar-refractivity contribution in [3.8, 4) is 0 Å². The molecule has 1 aromatic rings. The molecule has 2 N–H and O–H groups in total. The number of piperazine rings is 1. The monoisotopic (exact) mass is 387 g/mol. The van der Waals surface area contributed by atoms with Gasteiger partial charge in [-0.25, -0.2) is 9.97 Å². The van der Waals surface area contributed by atoms with E-state index in [1.165, 1.54) is 11.3 Å². The number of hydrogen-bond acceptors (Lipinski definition) is 5. The number of rotatable bonds is 8. The molecule has 0 aromatic carbocycles. The van der Waals surface area contributed by atoms with Crippen LogP contribution in [-0.4, -0.2) is 58.9 Å². The first-order valence-electron chi connectivity index (χ1n) is 10.6. The van der Waals surface area contributed by atoms with E-state index >= 15 is 0 Å². The van der Waals surface area contributed by atoms with Gasteiger partial charge in [-0.1, -0.05) is 13.8 Å². The number of fused-ring (bicyclic) bond motifs is 1. The van der Waals surface area contributed by atoms with Gasteiger partial charge in [0.25, 0.3) is 0 Å². The normalized spacial score (nSPS) is 19.6. The van der Waals surface area contributed by atoms with Crippen LogP contribution < -0.4 is 10.6 Å². The second-order valence-corrected chi connectivity index (χ2v) is 8.33. The molecule has 1 atom stereocenters. The van der Waals surface area contributed by atoms with Crippen molar-refractivity contribution in [2.75, 3.05) is 26.2 Å². The van der Waals surface area contributed by atoms with Gasteiger partial charge in [0, 0.05) is 37.4 Å². The second-order valence-electron chi connectivity index (χ2n) is 8.33. The van der Waals surface area contributed by atoms with Gasteiger partial charge in [0.1, 0.15) is 5.82 Å². The summed E-state index contributed by atoms with van der Waals surface area (Å²) in [5.74, 6) is 1.25. The Labute approximate surface area is 167 Å². The van der Waals surface area contributed by atoms with Gasteiger partial charge in [0.05, 0.1) is 12.5 Å². The second kappa shape index (κ2) is 9.45. The molecule has 28 heavy (non-hydrogen) atoms. The Morgan fingerprint density at radius 3 is 2.93 bits per heavy atom. The molecule has 1 saturated heterocycles. The maximum absolute atomic E-state index is 12.4. The Hall–Kier alpha value is -2.02. The van der Waals surface area contributed by atoms with E-state index in [2.05, 4.69) is 39.3 Å². The first-order valence-corrected chi connectivity index (χ1v) is 10.6. The van der Waals surface area contributed by atoms with Gasteiger partial charge >= 0.3 is 0 Å². The maximum atomic E-state index is 12.4. The van der Waals surface area contributed by atoms with Crippen molar-refractivity contribution in [2.24, 2.45) is 5.92 Å². The summed E-state index contributed by atoms with van der Waals surface area (Å²) in [6.45, 7) is 9.20. The highest BCUT2D eigenvalue weighted by Crippen LogP contribution is 2.22. The van der Waals surface area contributed by atoms with E-state index in [4.69, 9.17) is 0 Å². The molecule has 3 rings (SSSR count). The van der Waals surface area contributed by atoms with Crippen LogP contribution in [0, 0.1) is 12.8 Å². The third-order valence-corrected chi connectivity index (χ3v) is 5.67. The summed E-state index contributed by atoms with van der Waals surface area (Å²) in [6.07, 6.45) is 5.11. The minimum absolute atomic E-state index is 0.0391. The van der Waals surface area contributed by atoms with Crippen LogP contribution in [0.3, 0.4) is 0 Å². The fourth-order valence-corrected chi connectivity index (χ4v) is 4.03. The zero-order valence-corrected chi connectivity index (χ0v) is 17.4. The molecule has 1 fully saturated rings. The minimum Gasteiger partial charge on any atom is -0.356 e. The number of hydrogen-bond donors (Lipinski definition) is 2. The van der Waals surface area contributed by atoms with Gasteiger partial charge < -0.3 is 10.6 Å². The molecule has 1 aliphatic carbocycles. The van der Waals surface area contributed by atoms with E-state index < -0.39 is 0 Å². The van der Waals surface area contributed by atoms with Crippen LogP contribution >= 0.6 is 0 Å². The molecule has 7 heteroatoms. The van der Waals surface area contributed by atoms with Crippen LogP contribution in [0.2, 0.25) is 0 Å². The van der Waals surface area contributed by atoms with Gasteiger partial charge in [-0.2, -0.15) is 0 Å². The largest absolute Gasteiger partial charge is 0.356 e. The fourth-order valence-electron chi connectivity index (χ4n) is 4.03. The number of amides is 2. The molecule has 0 bridgehead atoms. The zero-order valence-electron chi connectivity index (χ0n) is 17.4. The molecule has 2 aliphatic rings. The third-order valence-electron chi connectivity index (χ3n) is 5.67. The van der Waals surface area contributed by atoms with Gasteiger partial charge in [-0.15, -0.1) is 0 Å². The molecule has 0 saturated carbocycles. The van der Waals surface area contributed by atoms with Crippen LogP contribution in [0.1, 0.15) is 55.9 Å². The van der Waals surface area contributed by atoms with Crippen molar-refractivity contribution < 1.29 is 9.59 Å². The Morgan fingerprint density at radius 1 is 1.32 bits per heavy atom. The van der Waals surface area contributed by atoms with Crippen LogP contribution in [0.5, 0.6) is 0 Å². The van der Waals surface area contributed by atoms with E-state index in [9.17, 15) is 9.59 Å². The summed E-state index contributed by atoms with van der Waals surface area (Å²) < 4.78 is 0. The Morgan fingerprint density at radius 2 is 2.14 bits per heavy atom. The smallest absolute Gasteiger partial charge is 0.237 e. The van der Waals surface area contributed by atoms with Crippen LogP contribution in [-0.2, 0) is 28.9 Å². The SMILES string of the molecule is Cc1nc(CCNC(=O)CC2C(=O)NCCN2CCC(C)C)nc2c1CCC2.